The Kier molecular flexibility index (Phi) is 4.54. The number of hydrogen-bond donors (Lipinski definition) is 1. The van der Waals surface area contributed by atoms with Crippen molar-refractivity contribution in [1.82, 2.24) is 5.32 Å². The summed E-state index contributed by atoms with van der Waals surface area (Å²) in [5.74, 6) is -4.00. The molecule has 21 heavy (non-hydrogen) atoms. The summed E-state index contributed by atoms with van der Waals surface area (Å²) < 4.78 is 38.8. The van der Waals surface area contributed by atoms with E-state index in [9.17, 15) is 23.3 Å². The van der Waals surface area contributed by atoms with Crippen molar-refractivity contribution in [3.05, 3.63) is 75.1 Å². The van der Waals surface area contributed by atoms with E-state index in [1.54, 1.807) is 12.1 Å². The molecule has 1 N–H and O–H groups in total. The Balaban J connectivity index is 1.98. The highest BCUT2D eigenvalue weighted by Crippen LogP contribution is 2.15. The lowest BCUT2D eigenvalue weighted by Crippen LogP contribution is -2.13. The molecule has 0 aliphatic carbocycles. The van der Waals surface area contributed by atoms with Gasteiger partial charge in [-0.15, -0.1) is 0 Å². The summed E-state index contributed by atoms with van der Waals surface area (Å²) in [5.41, 5.74) is 0.872. The lowest BCUT2D eigenvalue weighted by molar-refractivity contribution is -0.384. The van der Waals surface area contributed by atoms with Crippen LogP contribution in [0.2, 0.25) is 0 Å². The second-order valence-corrected chi connectivity index (χ2v) is 4.40. The standard InChI is InChI=1S/C14H11F3N2O2/c15-12-5-10(6-13(16)14(12)17)8-18-7-9-2-1-3-11(4-9)19(20)21/h1-6,18H,7-8H2. The van der Waals surface area contributed by atoms with Gasteiger partial charge in [-0.1, -0.05) is 12.1 Å². The largest absolute Gasteiger partial charge is 0.309 e. The van der Waals surface area contributed by atoms with E-state index in [4.69, 9.17) is 0 Å². The maximum absolute atomic E-state index is 13.0. The molecular weight excluding hydrogens is 285 g/mol. The van der Waals surface area contributed by atoms with Crippen molar-refractivity contribution in [2.75, 3.05) is 0 Å². The van der Waals surface area contributed by atoms with E-state index in [0.717, 1.165) is 12.1 Å². The number of nitro benzene ring substituents is 1. The first-order valence-corrected chi connectivity index (χ1v) is 6.05. The highest BCUT2D eigenvalue weighted by molar-refractivity contribution is 5.34. The van der Waals surface area contributed by atoms with Gasteiger partial charge in [0, 0.05) is 25.2 Å². The van der Waals surface area contributed by atoms with Gasteiger partial charge in [-0.25, -0.2) is 13.2 Å². The predicted octanol–water partition coefficient (Wildman–Crippen LogP) is 3.30. The van der Waals surface area contributed by atoms with Crippen molar-refractivity contribution >= 4 is 5.69 Å². The van der Waals surface area contributed by atoms with Crippen LogP contribution in [0.5, 0.6) is 0 Å². The third-order valence-corrected chi connectivity index (χ3v) is 2.82. The summed E-state index contributed by atoms with van der Waals surface area (Å²) in [5, 5.41) is 13.5. The summed E-state index contributed by atoms with van der Waals surface area (Å²) in [7, 11) is 0. The molecular formula is C14H11F3N2O2. The van der Waals surface area contributed by atoms with Crippen LogP contribution in [0.1, 0.15) is 11.1 Å². The van der Waals surface area contributed by atoms with Gasteiger partial charge in [0.2, 0.25) is 0 Å². The number of halogens is 3. The van der Waals surface area contributed by atoms with E-state index >= 15 is 0 Å². The second kappa shape index (κ2) is 6.36. The summed E-state index contributed by atoms with van der Waals surface area (Å²) in [6.45, 7) is 0.388. The zero-order valence-corrected chi connectivity index (χ0v) is 10.8. The maximum Gasteiger partial charge on any atom is 0.269 e. The van der Waals surface area contributed by atoms with Gasteiger partial charge >= 0.3 is 0 Å². The van der Waals surface area contributed by atoms with Crippen LogP contribution in [-0.4, -0.2) is 4.92 Å². The molecule has 2 aromatic carbocycles. The van der Waals surface area contributed by atoms with Crippen LogP contribution >= 0.6 is 0 Å². The highest BCUT2D eigenvalue weighted by atomic mass is 19.2. The third-order valence-electron chi connectivity index (χ3n) is 2.82. The van der Waals surface area contributed by atoms with Crippen molar-refractivity contribution < 1.29 is 18.1 Å². The topological polar surface area (TPSA) is 55.2 Å². The molecule has 4 nitrogen and oxygen atoms in total. The van der Waals surface area contributed by atoms with Crippen LogP contribution < -0.4 is 5.32 Å². The molecule has 0 heterocycles. The van der Waals surface area contributed by atoms with Crippen LogP contribution in [0.3, 0.4) is 0 Å². The normalized spacial score (nSPS) is 10.6. The molecule has 0 aliphatic rings. The molecule has 0 saturated heterocycles. The van der Waals surface area contributed by atoms with Gasteiger partial charge in [-0.05, 0) is 23.3 Å². The monoisotopic (exact) mass is 296 g/mol. The fourth-order valence-corrected chi connectivity index (χ4v) is 1.84. The van der Waals surface area contributed by atoms with Crippen LogP contribution in [0.15, 0.2) is 36.4 Å². The molecule has 2 aromatic rings. The summed E-state index contributed by atoms with van der Waals surface area (Å²) >= 11 is 0. The lowest BCUT2D eigenvalue weighted by Gasteiger charge is -2.06. The molecule has 0 bridgehead atoms. The molecule has 0 radical (unpaired) electrons. The Hall–Kier alpha value is -2.41. The van der Waals surface area contributed by atoms with Crippen LogP contribution in [0.4, 0.5) is 18.9 Å². The van der Waals surface area contributed by atoms with Crippen molar-refractivity contribution in [3.63, 3.8) is 0 Å². The first-order chi connectivity index (χ1) is 9.97. The summed E-state index contributed by atoms with van der Waals surface area (Å²) in [4.78, 5) is 10.1. The minimum absolute atomic E-state index is 0.0341. The number of nitrogens with zero attached hydrogens (tertiary/aromatic N) is 1. The fourth-order valence-electron chi connectivity index (χ4n) is 1.84. The molecule has 0 fully saturated rings. The fraction of sp³-hybridized carbons (Fsp3) is 0.143. The quantitative estimate of drug-likeness (QED) is 0.523. The van der Waals surface area contributed by atoms with Gasteiger partial charge in [-0.3, -0.25) is 10.1 Å². The van der Waals surface area contributed by atoms with Crippen molar-refractivity contribution in [2.24, 2.45) is 0 Å². The minimum atomic E-state index is -1.50. The first-order valence-electron chi connectivity index (χ1n) is 6.05. The Labute approximate surface area is 118 Å². The van der Waals surface area contributed by atoms with E-state index in [2.05, 4.69) is 5.32 Å². The Morgan fingerprint density at radius 3 is 2.24 bits per heavy atom. The number of rotatable bonds is 5. The maximum atomic E-state index is 13.0. The zero-order valence-electron chi connectivity index (χ0n) is 10.8. The van der Waals surface area contributed by atoms with Gasteiger partial charge in [0.15, 0.2) is 17.5 Å². The average molecular weight is 296 g/mol. The molecule has 2 rings (SSSR count). The molecule has 0 amide bonds. The van der Waals surface area contributed by atoms with Gasteiger partial charge in [0.05, 0.1) is 4.92 Å². The SMILES string of the molecule is O=[N+]([O-])c1cccc(CNCc2cc(F)c(F)c(F)c2)c1. The number of non-ortho nitro benzene ring substituents is 1. The first kappa shape index (κ1) is 15.0. The van der Waals surface area contributed by atoms with Crippen LogP contribution in [-0.2, 0) is 13.1 Å². The lowest BCUT2D eigenvalue weighted by atomic mass is 10.1. The Bertz CT molecular complexity index is 654. The average Bonchev–Trinajstić information content (AvgIpc) is 2.45. The predicted molar refractivity (Wildman–Crippen MR) is 70.0 cm³/mol. The van der Waals surface area contributed by atoms with Crippen LogP contribution in [0, 0.1) is 27.6 Å². The molecule has 0 spiro atoms. The van der Waals surface area contributed by atoms with Crippen molar-refractivity contribution in [1.29, 1.82) is 0 Å². The highest BCUT2D eigenvalue weighted by Gasteiger charge is 2.10. The Morgan fingerprint density at radius 2 is 1.62 bits per heavy atom. The smallest absolute Gasteiger partial charge is 0.269 e. The summed E-state index contributed by atoms with van der Waals surface area (Å²) in [6.07, 6.45) is 0. The Morgan fingerprint density at radius 1 is 1.00 bits per heavy atom. The van der Waals surface area contributed by atoms with Gasteiger partial charge in [0.25, 0.3) is 5.69 Å². The number of benzene rings is 2. The van der Waals surface area contributed by atoms with E-state index in [-0.39, 0.29) is 24.3 Å². The third kappa shape index (κ3) is 3.79. The number of hydrogen-bond acceptors (Lipinski definition) is 3. The summed E-state index contributed by atoms with van der Waals surface area (Å²) in [6, 6.07) is 7.81. The molecule has 0 atom stereocenters. The van der Waals surface area contributed by atoms with Crippen molar-refractivity contribution in [2.45, 2.75) is 13.1 Å². The molecule has 0 aromatic heterocycles. The van der Waals surface area contributed by atoms with E-state index in [0.29, 0.717) is 5.56 Å². The minimum Gasteiger partial charge on any atom is -0.309 e. The molecule has 0 unspecified atom stereocenters. The van der Waals surface area contributed by atoms with Crippen LogP contribution in [0.25, 0.3) is 0 Å². The molecule has 7 heteroatoms. The van der Waals surface area contributed by atoms with E-state index < -0.39 is 22.4 Å². The van der Waals surface area contributed by atoms with E-state index in [1.165, 1.54) is 12.1 Å². The zero-order chi connectivity index (χ0) is 15.4. The van der Waals surface area contributed by atoms with Crippen molar-refractivity contribution in [3.8, 4) is 0 Å². The number of nitro groups is 1. The van der Waals surface area contributed by atoms with Gasteiger partial charge < -0.3 is 5.32 Å². The molecule has 0 saturated carbocycles. The van der Waals surface area contributed by atoms with E-state index in [1.807, 2.05) is 0 Å². The molecule has 110 valence electrons. The number of nitrogens with one attached hydrogen (secondary N) is 1. The van der Waals surface area contributed by atoms with Gasteiger partial charge in [0.1, 0.15) is 0 Å². The second-order valence-electron chi connectivity index (χ2n) is 4.40. The molecule has 0 aliphatic heterocycles. The van der Waals surface area contributed by atoms with Gasteiger partial charge in [-0.2, -0.15) is 0 Å².